The number of carboxylic acid groups (broad SMARTS) is 2. The van der Waals surface area contributed by atoms with E-state index in [1.165, 1.54) is 12.1 Å². The third-order valence-corrected chi connectivity index (χ3v) is 4.57. The highest BCUT2D eigenvalue weighted by molar-refractivity contribution is 5.73. The number of aromatic nitrogens is 2. The summed E-state index contributed by atoms with van der Waals surface area (Å²) in [6.45, 7) is 6.84. The number of ether oxygens (including phenoxy) is 2. The number of halogens is 6. The molecular formula is C18H25F6N3O6. The first-order valence-corrected chi connectivity index (χ1v) is 9.64. The molecule has 1 saturated heterocycles. The van der Waals surface area contributed by atoms with Gasteiger partial charge in [0.05, 0.1) is 18.9 Å². The first-order chi connectivity index (χ1) is 15.2. The molecule has 0 saturated carbocycles. The van der Waals surface area contributed by atoms with E-state index in [0.29, 0.717) is 11.8 Å². The zero-order valence-corrected chi connectivity index (χ0v) is 17.6. The molecule has 1 fully saturated rings. The predicted octanol–water partition coefficient (Wildman–Crippen LogP) is 2.26. The van der Waals surface area contributed by atoms with Crippen molar-refractivity contribution in [2.75, 3.05) is 40.0 Å². The third kappa shape index (κ3) is 10.9. The van der Waals surface area contributed by atoms with Gasteiger partial charge in [-0.05, 0) is 18.4 Å². The highest BCUT2D eigenvalue weighted by Gasteiger charge is 2.38. The standard InChI is InChI=1S/C14H23N3O2.2C2HF3O2/c1-18-10-13-7-16(6-12-3-5-19-11-12)9-14-2-4-15-17(14)8-13;2*3-2(4,5)1(6)7/h2,4,12-13H,3,5-11H2,1H3;2*(H,6,7). The zero-order chi connectivity index (χ0) is 25.2. The molecule has 3 heterocycles. The summed E-state index contributed by atoms with van der Waals surface area (Å²) >= 11 is 0. The molecule has 33 heavy (non-hydrogen) atoms. The fourth-order valence-electron chi connectivity index (χ4n) is 3.19. The van der Waals surface area contributed by atoms with Crippen molar-refractivity contribution in [3.63, 3.8) is 0 Å². The summed E-state index contributed by atoms with van der Waals surface area (Å²) in [4.78, 5) is 20.3. The van der Waals surface area contributed by atoms with E-state index in [9.17, 15) is 26.3 Å². The lowest BCUT2D eigenvalue weighted by molar-refractivity contribution is -0.193. The van der Waals surface area contributed by atoms with Gasteiger partial charge in [-0.15, -0.1) is 0 Å². The van der Waals surface area contributed by atoms with E-state index in [1.807, 2.05) is 6.20 Å². The molecule has 2 unspecified atom stereocenters. The lowest BCUT2D eigenvalue weighted by Gasteiger charge is -2.25. The molecule has 2 aliphatic rings. The van der Waals surface area contributed by atoms with Gasteiger partial charge in [0.15, 0.2) is 0 Å². The zero-order valence-electron chi connectivity index (χ0n) is 17.6. The average molecular weight is 493 g/mol. The number of fused-ring (bicyclic) bond motifs is 1. The maximum absolute atomic E-state index is 10.6. The number of nitrogens with zero attached hydrogens (tertiary/aromatic N) is 3. The molecular weight excluding hydrogens is 468 g/mol. The van der Waals surface area contributed by atoms with Crippen molar-refractivity contribution in [1.82, 2.24) is 14.7 Å². The molecule has 190 valence electrons. The molecule has 0 radical (unpaired) electrons. The Morgan fingerprint density at radius 2 is 1.70 bits per heavy atom. The molecule has 0 aliphatic carbocycles. The van der Waals surface area contributed by atoms with Gasteiger partial charge in [-0.1, -0.05) is 0 Å². The van der Waals surface area contributed by atoms with E-state index in [4.69, 9.17) is 29.3 Å². The van der Waals surface area contributed by atoms with E-state index < -0.39 is 24.3 Å². The highest BCUT2D eigenvalue weighted by atomic mass is 19.4. The van der Waals surface area contributed by atoms with Crippen LogP contribution in [-0.4, -0.2) is 89.2 Å². The van der Waals surface area contributed by atoms with Crippen LogP contribution in [0.25, 0.3) is 0 Å². The Kier molecular flexibility index (Phi) is 11.1. The maximum atomic E-state index is 10.6. The van der Waals surface area contributed by atoms with Crippen LogP contribution in [0.4, 0.5) is 26.3 Å². The number of carbonyl (C=O) groups is 2. The van der Waals surface area contributed by atoms with E-state index >= 15 is 0 Å². The second-order valence-electron chi connectivity index (χ2n) is 7.36. The van der Waals surface area contributed by atoms with Crippen LogP contribution in [0.5, 0.6) is 0 Å². The fraction of sp³-hybridized carbons (Fsp3) is 0.722. The number of aliphatic carboxylic acids is 2. The Morgan fingerprint density at radius 3 is 2.15 bits per heavy atom. The minimum atomic E-state index is -5.08. The molecule has 15 heteroatoms. The van der Waals surface area contributed by atoms with Gasteiger partial charge in [0, 0.05) is 52.0 Å². The van der Waals surface area contributed by atoms with Gasteiger partial charge in [-0.2, -0.15) is 31.4 Å². The minimum Gasteiger partial charge on any atom is -0.475 e. The second kappa shape index (κ2) is 12.7. The van der Waals surface area contributed by atoms with Gasteiger partial charge in [-0.25, -0.2) is 9.59 Å². The van der Waals surface area contributed by atoms with E-state index in [1.54, 1.807) is 7.11 Å². The summed E-state index contributed by atoms with van der Waals surface area (Å²) in [5, 5.41) is 18.7. The van der Waals surface area contributed by atoms with Gasteiger partial charge < -0.3 is 19.7 Å². The van der Waals surface area contributed by atoms with Crippen LogP contribution in [0.15, 0.2) is 12.3 Å². The Labute approximate surface area is 184 Å². The topological polar surface area (TPSA) is 114 Å². The number of hydrogen-bond acceptors (Lipinski definition) is 6. The normalized spacial score (nSPS) is 21.1. The molecule has 3 rings (SSSR count). The van der Waals surface area contributed by atoms with Crippen LogP contribution in [-0.2, 0) is 32.2 Å². The first kappa shape index (κ1) is 28.6. The van der Waals surface area contributed by atoms with E-state index in [0.717, 1.165) is 46.0 Å². The molecule has 2 atom stereocenters. The Balaban J connectivity index is 0.000000324. The van der Waals surface area contributed by atoms with Crippen molar-refractivity contribution in [1.29, 1.82) is 0 Å². The average Bonchev–Trinajstić information content (AvgIpc) is 3.31. The van der Waals surface area contributed by atoms with Crippen LogP contribution < -0.4 is 0 Å². The van der Waals surface area contributed by atoms with Crippen molar-refractivity contribution in [3.05, 3.63) is 18.0 Å². The predicted molar refractivity (Wildman–Crippen MR) is 99.2 cm³/mol. The first-order valence-electron chi connectivity index (χ1n) is 9.64. The summed E-state index contributed by atoms with van der Waals surface area (Å²) in [7, 11) is 1.78. The van der Waals surface area contributed by atoms with Crippen molar-refractivity contribution >= 4 is 11.9 Å². The van der Waals surface area contributed by atoms with Crippen LogP contribution in [0, 0.1) is 11.8 Å². The summed E-state index contributed by atoms with van der Waals surface area (Å²) in [5.74, 6) is -4.30. The minimum absolute atomic E-state index is 0.522. The monoisotopic (exact) mass is 493 g/mol. The lowest BCUT2D eigenvalue weighted by Crippen LogP contribution is -2.34. The summed E-state index contributed by atoms with van der Waals surface area (Å²) in [6, 6.07) is 2.13. The SMILES string of the molecule is COCC1CN(CC2CCOC2)Cc2ccnn2C1.O=C(O)C(F)(F)F.O=C(O)C(F)(F)F. The molecule has 0 bridgehead atoms. The second-order valence-corrected chi connectivity index (χ2v) is 7.36. The van der Waals surface area contributed by atoms with Crippen molar-refractivity contribution in [2.24, 2.45) is 11.8 Å². The van der Waals surface area contributed by atoms with Crippen LogP contribution in [0.1, 0.15) is 12.1 Å². The number of hydrogen-bond donors (Lipinski definition) is 2. The van der Waals surface area contributed by atoms with Gasteiger partial charge in [0.2, 0.25) is 0 Å². The number of carboxylic acids is 2. The van der Waals surface area contributed by atoms with Crippen LogP contribution in [0.3, 0.4) is 0 Å². The summed E-state index contributed by atoms with van der Waals surface area (Å²) in [5.41, 5.74) is 1.32. The van der Waals surface area contributed by atoms with E-state index in [2.05, 4.69) is 20.7 Å². The molecule has 0 spiro atoms. The van der Waals surface area contributed by atoms with Crippen molar-refractivity contribution in [2.45, 2.75) is 31.9 Å². The number of rotatable bonds is 4. The molecule has 1 aromatic heterocycles. The van der Waals surface area contributed by atoms with Gasteiger partial charge in [0.25, 0.3) is 0 Å². The largest absolute Gasteiger partial charge is 0.490 e. The number of alkyl halides is 6. The smallest absolute Gasteiger partial charge is 0.475 e. The van der Waals surface area contributed by atoms with Gasteiger partial charge in [-0.3, -0.25) is 9.58 Å². The molecule has 0 aromatic carbocycles. The summed E-state index contributed by atoms with van der Waals surface area (Å²) in [6.07, 6.45) is -7.06. The Hall–Kier alpha value is -2.39. The Morgan fingerprint density at radius 1 is 1.12 bits per heavy atom. The quantitative estimate of drug-likeness (QED) is 0.615. The summed E-state index contributed by atoms with van der Waals surface area (Å²) < 4.78 is 76.5. The van der Waals surface area contributed by atoms with Crippen molar-refractivity contribution < 1.29 is 55.6 Å². The van der Waals surface area contributed by atoms with Crippen LogP contribution in [0.2, 0.25) is 0 Å². The fourth-order valence-corrected chi connectivity index (χ4v) is 3.19. The lowest BCUT2D eigenvalue weighted by atomic mass is 10.1. The van der Waals surface area contributed by atoms with Gasteiger partial charge in [0.1, 0.15) is 0 Å². The maximum Gasteiger partial charge on any atom is 0.490 e. The molecule has 0 amide bonds. The van der Waals surface area contributed by atoms with E-state index in [-0.39, 0.29) is 0 Å². The Bertz CT molecular complexity index is 725. The third-order valence-electron chi connectivity index (χ3n) is 4.57. The molecule has 1 aromatic rings. The molecule has 2 N–H and O–H groups in total. The van der Waals surface area contributed by atoms with Crippen LogP contribution >= 0.6 is 0 Å². The molecule has 2 aliphatic heterocycles. The van der Waals surface area contributed by atoms with Gasteiger partial charge >= 0.3 is 24.3 Å². The number of methoxy groups -OCH3 is 1. The molecule has 9 nitrogen and oxygen atoms in total. The highest BCUT2D eigenvalue weighted by Crippen LogP contribution is 2.20. The van der Waals surface area contributed by atoms with Crippen molar-refractivity contribution in [3.8, 4) is 0 Å².